The molecule has 0 saturated carbocycles. The number of para-hydroxylation sites is 2. The van der Waals surface area contributed by atoms with E-state index in [-0.39, 0.29) is 29.3 Å². The van der Waals surface area contributed by atoms with Gasteiger partial charge in [0, 0.05) is 13.0 Å². The summed E-state index contributed by atoms with van der Waals surface area (Å²) in [4.78, 5) is 37.7. The van der Waals surface area contributed by atoms with Crippen molar-refractivity contribution in [3.05, 3.63) is 64.8 Å². The number of aromatic hydroxyl groups is 1. The van der Waals surface area contributed by atoms with Crippen LogP contribution >= 0.6 is 11.8 Å². The molecule has 27 heavy (non-hydrogen) atoms. The van der Waals surface area contributed by atoms with Crippen LogP contribution < -0.4 is 5.32 Å². The lowest BCUT2D eigenvalue weighted by molar-refractivity contribution is -0.123. The zero-order valence-electron chi connectivity index (χ0n) is 14.0. The number of anilines is 1. The van der Waals surface area contributed by atoms with Crippen molar-refractivity contribution in [3.63, 3.8) is 0 Å². The number of carbonyl (C=O) groups excluding carboxylic acids is 3. The second kappa shape index (κ2) is 8.05. The Morgan fingerprint density at radius 3 is 2.56 bits per heavy atom. The SMILES string of the molecule is O=C(CCN1C(=O)S/C(=C\c2ccc(F)cc2)C1=O)Nc1ccccc1O. The number of hydrogen-bond donors (Lipinski definition) is 2. The van der Waals surface area contributed by atoms with Gasteiger partial charge in [0.15, 0.2) is 0 Å². The standard InChI is InChI=1S/C19H15FN2O4S/c20-13-7-5-12(6-8-13)11-16-18(25)22(19(26)27-16)10-9-17(24)21-14-3-1-2-4-15(14)23/h1-8,11,23H,9-10H2,(H,21,24)/b16-11-. The molecule has 1 aliphatic rings. The first kappa shape index (κ1) is 18.7. The van der Waals surface area contributed by atoms with E-state index in [1.165, 1.54) is 36.4 Å². The highest BCUT2D eigenvalue weighted by atomic mass is 32.2. The molecular formula is C19H15FN2O4S. The van der Waals surface area contributed by atoms with E-state index < -0.39 is 22.9 Å². The number of benzene rings is 2. The molecule has 0 bridgehead atoms. The number of rotatable bonds is 5. The van der Waals surface area contributed by atoms with Crippen LogP contribution in [0, 0.1) is 5.82 Å². The van der Waals surface area contributed by atoms with Gasteiger partial charge in [-0.25, -0.2) is 4.39 Å². The van der Waals surface area contributed by atoms with Crippen LogP contribution in [0.1, 0.15) is 12.0 Å². The topological polar surface area (TPSA) is 86.7 Å². The predicted octanol–water partition coefficient (Wildman–Crippen LogP) is 3.60. The average Bonchev–Trinajstić information content (AvgIpc) is 2.90. The Kier molecular flexibility index (Phi) is 5.56. The minimum atomic E-state index is -0.496. The first-order chi connectivity index (χ1) is 12.9. The van der Waals surface area contributed by atoms with Crippen LogP contribution in [0.2, 0.25) is 0 Å². The molecule has 3 amide bonds. The Morgan fingerprint density at radius 2 is 1.85 bits per heavy atom. The Bertz CT molecular complexity index is 928. The van der Waals surface area contributed by atoms with Crippen LogP contribution in [0.4, 0.5) is 14.9 Å². The summed E-state index contributed by atoms with van der Waals surface area (Å²) >= 11 is 0.772. The van der Waals surface area contributed by atoms with Crippen molar-refractivity contribution in [2.24, 2.45) is 0 Å². The molecule has 0 unspecified atom stereocenters. The van der Waals surface area contributed by atoms with E-state index in [1.807, 2.05) is 0 Å². The summed E-state index contributed by atoms with van der Waals surface area (Å²) in [6.07, 6.45) is 1.41. The third kappa shape index (κ3) is 4.53. The van der Waals surface area contributed by atoms with Crippen molar-refractivity contribution >= 4 is 40.6 Å². The average molecular weight is 386 g/mol. The lowest BCUT2D eigenvalue weighted by atomic mass is 10.2. The number of amides is 3. The van der Waals surface area contributed by atoms with Crippen LogP contribution in [0.5, 0.6) is 5.75 Å². The van der Waals surface area contributed by atoms with Gasteiger partial charge in [0.25, 0.3) is 11.1 Å². The van der Waals surface area contributed by atoms with Gasteiger partial charge in [-0.1, -0.05) is 24.3 Å². The van der Waals surface area contributed by atoms with Crippen LogP contribution in [0.3, 0.4) is 0 Å². The summed E-state index contributed by atoms with van der Waals surface area (Å²) < 4.78 is 12.9. The van der Waals surface area contributed by atoms with Crippen molar-refractivity contribution in [3.8, 4) is 5.75 Å². The summed E-state index contributed by atoms with van der Waals surface area (Å²) in [6.45, 7) is -0.0785. The molecular weight excluding hydrogens is 371 g/mol. The fourth-order valence-corrected chi connectivity index (χ4v) is 3.27. The lowest BCUT2D eigenvalue weighted by Crippen LogP contribution is -2.31. The highest BCUT2D eigenvalue weighted by Gasteiger charge is 2.35. The number of carbonyl (C=O) groups is 3. The third-order valence-corrected chi connectivity index (χ3v) is 4.69. The molecule has 0 spiro atoms. The molecule has 1 heterocycles. The van der Waals surface area contributed by atoms with Gasteiger partial charge in [0.1, 0.15) is 11.6 Å². The normalized spacial score (nSPS) is 15.4. The quantitative estimate of drug-likeness (QED) is 0.606. The van der Waals surface area contributed by atoms with Gasteiger partial charge in [0.05, 0.1) is 10.6 Å². The molecule has 0 aliphatic carbocycles. The molecule has 1 fully saturated rings. The van der Waals surface area contributed by atoms with Gasteiger partial charge in [-0.05, 0) is 47.7 Å². The summed E-state index contributed by atoms with van der Waals surface area (Å²) in [5.74, 6) is -1.39. The van der Waals surface area contributed by atoms with Crippen LogP contribution in [-0.4, -0.2) is 33.6 Å². The molecule has 0 aromatic heterocycles. The molecule has 3 rings (SSSR count). The third-order valence-electron chi connectivity index (χ3n) is 3.78. The predicted molar refractivity (Wildman–Crippen MR) is 100 cm³/mol. The van der Waals surface area contributed by atoms with Crippen LogP contribution in [0.15, 0.2) is 53.4 Å². The van der Waals surface area contributed by atoms with Crippen molar-refractivity contribution in [2.75, 3.05) is 11.9 Å². The smallest absolute Gasteiger partial charge is 0.293 e. The maximum atomic E-state index is 12.9. The lowest BCUT2D eigenvalue weighted by Gasteiger charge is -2.12. The molecule has 2 N–H and O–H groups in total. The van der Waals surface area contributed by atoms with E-state index >= 15 is 0 Å². The number of nitrogens with one attached hydrogen (secondary N) is 1. The Hall–Kier alpha value is -3.13. The molecule has 2 aromatic rings. The van der Waals surface area contributed by atoms with Crippen molar-refractivity contribution < 1.29 is 23.9 Å². The van der Waals surface area contributed by atoms with Gasteiger partial charge in [-0.2, -0.15) is 0 Å². The fourth-order valence-electron chi connectivity index (χ4n) is 2.41. The molecule has 0 atom stereocenters. The largest absolute Gasteiger partial charge is 0.506 e. The van der Waals surface area contributed by atoms with Crippen molar-refractivity contribution in [1.29, 1.82) is 0 Å². The van der Waals surface area contributed by atoms with E-state index in [9.17, 15) is 23.9 Å². The highest BCUT2D eigenvalue weighted by Crippen LogP contribution is 2.32. The van der Waals surface area contributed by atoms with Crippen molar-refractivity contribution in [2.45, 2.75) is 6.42 Å². The monoisotopic (exact) mass is 386 g/mol. The van der Waals surface area contributed by atoms with Crippen molar-refractivity contribution in [1.82, 2.24) is 4.90 Å². The first-order valence-corrected chi connectivity index (χ1v) is 8.84. The maximum absolute atomic E-state index is 12.9. The number of halogens is 1. The number of hydrogen-bond acceptors (Lipinski definition) is 5. The molecule has 1 saturated heterocycles. The van der Waals surface area contributed by atoms with E-state index in [2.05, 4.69) is 5.32 Å². The molecule has 2 aromatic carbocycles. The summed E-state index contributed by atoms with van der Waals surface area (Å²) in [6, 6.07) is 11.8. The second-order valence-corrected chi connectivity index (χ2v) is 6.69. The van der Waals surface area contributed by atoms with Gasteiger partial charge < -0.3 is 10.4 Å². The summed E-state index contributed by atoms with van der Waals surface area (Å²) in [5.41, 5.74) is 0.854. The molecule has 138 valence electrons. The zero-order valence-corrected chi connectivity index (χ0v) is 14.8. The highest BCUT2D eigenvalue weighted by molar-refractivity contribution is 8.18. The Balaban J connectivity index is 1.61. The minimum absolute atomic E-state index is 0.0701. The Labute approximate surface area is 158 Å². The first-order valence-electron chi connectivity index (χ1n) is 8.03. The van der Waals surface area contributed by atoms with E-state index in [1.54, 1.807) is 18.2 Å². The molecule has 8 heteroatoms. The fraction of sp³-hybridized carbons (Fsp3) is 0.105. The van der Waals surface area contributed by atoms with Gasteiger partial charge in [-0.3, -0.25) is 19.3 Å². The number of imide groups is 1. The summed E-state index contributed by atoms with van der Waals surface area (Å²) in [5, 5.41) is 11.7. The van der Waals surface area contributed by atoms with E-state index in [4.69, 9.17) is 0 Å². The molecule has 6 nitrogen and oxygen atoms in total. The van der Waals surface area contributed by atoms with Gasteiger partial charge >= 0.3 is 0 Å². The number of phenolic OH excluding ortho intramolecular Hbond substituents is 1. The number of thioether (sulfide) groups is 1. The Morgan fingerprint density at radius 1 is 1.15 bits per heavy atom. The second-order valence-electron chi connectivity index (χ2n) is 5.70. The number of nitrogens with zero attached hydrogens (tertiary/aromatic N) is 1. The van der Waals surface area contributed by atoms with Crippen LogP contribution in [-0.2, 0) is 9.59 Å². The van der Waals surface area contributed by atoms with E-state index in [0.29, 0.717) is 5.56 Å². The molecule has 1 aliphatic heterocycles. The maximum Gasteiger partial charge on any atom is 0.293 e. The number of phenols is 1. The van der Waals surface area contributed by atoms with Crippen LogP contribution in [0.25, 0.3) is 6.08 Å². The summed E-state index contributed by atoms with van der Waals surface area (Å²) in [7, 11) is 0. The van der Waals surface area contributed by atoms with Gasteiger partial charge in [-0.15, -0.1) is 0 Å². The van der Waals surface area contributed by atoms with E-state index in [0.717, 1.165) is 16.7 Å². The molecule has 0 radical (unpaired) electrons. The van der Waals surface area contributed by atoms with Gasteiger partial charge in [0.2, 0.25) is 5.91 Å². The zero-order chi connectivity index (χ0) is 19.4. The minimum Gasteiger partial charge on any atom is -0.506 e.